The van der Waals surface area contributed by atoms with Crippen LogP contribution in [0.2, 0.25) is 0 Å². The molecule has 0 amide bonds. The van der Waals surface area contributed by atoms with Crippen LogP contribution in [0, 0.1) is 0 Å². The van der Waals surface area contributed by atoms with E-state index in [4.69, 9.17) is 0 Å². The third-order valence-corrected chi connectivity index (χ3v) is 2.20. The van der Waals surface area contributed by atoms with E-state index in [1.165, 1.54) is 5.56 Å². The first-order chi connectivity index (χ1) is 6.88. The number of pyridine rings is 1. The number of nitrogens with zero attached hydrogens (tertiary/aromatic N) is 1. The minimum Gasteiger partial charge on any atom is -0.310 e. The van der Waals surface area contributed by atoms with Crippen LogP contribution in [0.4, 0.5) is 0 Å². The molecule has 1 aromatic heterocycles. The maximum Gasteiger partial charge on any atom is 0.0338 e. The van der Waals surface area contributed by atoms with Gasteiger partial charge in [-0.1, -0.05) is 19.1 Å². The molecule has 14 heavy (non-hydrogen) atoms. The molecule has 1 atom stereocenters. The Bertz CT molecular complexity index is 256. The van der Waals surface area contributed by atoms with E-state index in [0.29, 0.717) is 6.04 Å². The lowest BCUT2D eigenvalue weighted by Gasteiger charge is -2.16. The van der Waals surface area contributed by atoms with Crippen molar-refractivity contribution in [3.63, 3.8) is 0 Å². The van der Waals surface area contributed by atoms with E-state index in [0.717, 1.165) is 19.4 Å². The summed E-state index contributed by atoms with van der Waals surface area (Å²) in [4.78, 5) is 4.13. The molecule has 1 unspecified atom stereocenters. The van der Waals surface area contributed by atoms with E-state index in [2.05, 4.69) is 29.9 Å². The summed E-state index contributed by atoms with van der Waals surface area (Å²) in [6.07, 6.45) is 7.81. The Hall–Kier alpha value is -1.15. The van der Waals surface area contributed by atoms with Crippen LogP contribution in [0.15, 0.2) is 37.2 Å². The molecule has 0 aromatic carbocycles. The second kappa shape index (κ2) is 6.33. The molecule has 1 N–H and O–H groups in total. The molecule has 2 heteroatoms. The summed E-state index contributed by atoms with van der Waals surface area (Å²) in [7, 11) is 0. The van der Waals surface area contributed by atoms with E-state index in [1.807, 2.05) is 18.3 Å². The molecule has 1 rings (SSSR count). The van der Waals surface area contributed by atoms with Crippen molar-refractivity contribution in [1.29, 1.82) is 0 Å². The summed E-state index contributed by atoms with van der Waals surface area (Å²) in [6, 6.07) is 4.50. The van der Waals surface area contributed by atoms with E-state index in [9.17, 15) is 0 Å². The van der Waals surface area contributed by atoms with Crippen LogP contribution in [0.3, 0.4) is 0 Å². The number of aromatic nitrogens is 1. The molecule has 0 aliphatic carbocycles. The van der Waals surface area contributed by atoms with E-state index in [1.54, 1.807) is 6.20 Å². The molecular weight excluding hydrogens is 172 g/mol. The van der Waals surface area contributed by atoms with Crippen molar-refractivity contribution in [2.45, 2.75) is 25.8 Å². The van der Waals surface area contributed by atoms with Gasteiger partial charge in [0, 0.05) is 18.4 Å². The highest BCUT2D eigenvalue weighted by Gasteiger charge is 2.08. The first-order valence-electron chi connectivity index (χ1n) is 5.12. The number of hydrogen-bond donors (Lipinski definition) is 1. The van der Waals surface area contributed by atoms with E-state index in [-0.39, 0.29) is 0 Å². The van der Waals surface area contributed by atoms with Crippen molar-refractivity contribution < 1.29 is 0 Å². The first-order valence-corrected chi connectivity index (χ1v) is 5.12. The predicted molar refractivity (Wildman–Crippen MR) is 60.1 cm³/mol. The highest BCUT2D eigenvalue weighted by atomic mass is 14.9. The SMILES string of the molecule is C=CCCC(NCC)c1cccnc1. The summed E-state index contributed by atoms with van der Waals surface area (Å²) in [5.41, 5.74) is 1.26. The normalized spacial score (nSPS) is 12.4. The molecule has 0 saturated carbocycles. The van der Waals surface area contributed by atoms with Gasteiger partial charge in [0.25, 0.3) is 0 Å². The molecule has 0 radical (unpaired) electrons. The monoisotopic (exact) mass is 190 g/mol. The quantitative estimate of drug-likeness (QED) is 0.698. The molecular formula is C12H18N2. The number of nitrogens with one attached hydrogen (secondary N) is 1. The molecule has 0 aliphatic heterocycles. The average molecular weight is 190 g/mol. The molecule has 0 saturated heterocycles. The largest absolute Gasteiger partial charge is 0.310 e. The third kappa shape index (κ3) is 3.30. The van der Waals surface area contributed by atoms with Gasteiger partial charge in [-0.25, -0.2) is 0 Å². The zero-order valence-corrected chi connectivity index (χ0v) is 8.74. The number of allylic oxidation sites excluding steroid dienone is 1. The Balaban J connectivity index is 2.62. The van der Waals surface area contributed by atoms with Gasteiger partial charge in [-0.05, 0) is 31.0 Å². The summed E-state index contributed by atoms with van der Waals surface area (Å²) < 4.78 is 0. The summed E-state index contributed by atoms with van der Waals surface area (Å²) >= 11 is 0. The van der Waals surface area contributed by atoms with Gasteiger partial charge in [-0.3, -0.25) is 4.98 Å². The van der Waals surface area contributed by atoms with Crippen LogP contribution in [-0.2, 0) is 0 Å². The standard InChI is InChI=1S/C12H18N2/c1-3-5-8-12(14-4-2)11-7-6-9-13-10-11/h3,6-7,9-10,12,14H,1,4-5,8H2,2H3. The lowest BCUT2D eigenvalue weighted by atomic mass is 10.0. The molecule has 0 spiro atoms. The smallest absolute Gasteiger partial charge is 0.0338 e. The fraction of sp³-hybridized carbons (Fsp3) is 0.417. The van der Waals surface area contributed by atoms with Gasteiger partial charge in [0.15, 0.2) is 0 Å². The summed E-state index contributed by atoms with van der Waals surface area (Å²) in [6.45, 7) is 6.85. The van der Waals surface area contributed by atoms with Gasteiger partial charge in [-0.15, -0.1) is 6.58 Å². The number of hydrogen-bond acceptors (Lipinski definition) is 2. The van der Waals surface area contributed by atoms with E-state index < -0.39 is 0 Å². The molecule has 76 valence electrons. The van der Waals surface area contributed by atoms with Gasteiger partial charge >= 0.3 is 0 Å². The zero-order chi connectivity index (χ0) is 10.2. The van der Waals surface area contributed by atoms with Crippen molar-refractivity contribution >= 4 is 0 Å². The summed E-state index contributed by atoms with van der Waals surface area (Å²) in [5, 5.41) is 3.45. The predicted octanol–water partition coefficient (Wildman–Crippen LogP) is 2.70. The van der Waals surface area contributed by atoms with Gasteiger partial charge < -0.3 is 5.32 Å². The Kier molecular flexibility index (Phi) is 4.94. The fourth-order valence-corrected chi connectivity index (χ4v) is 1.50. The molecule has 0 bridgehead atoms. The first kappa shape index (κ1) is 10.9. The van der Waals surface area contributed by atoms with Crippen molar-refractivity contribution in [1.82, 2.24) is 10.3 Å². The Morgan fingerprint density at radius 1 is 1.64 bits per heavy atom. The lowest BCUT2D eigenvalue weighted by molar-refractivity contribution is 0.518. The van der Waals surface area contributed by atoms with Crippen molar-refractivity contribution in [3.05, 3.63) is 42.7 Å². The van der Waals surface area contributed by atoms with Crippen LogP contribution >= 0.6 is 0 Å². The Morgan fingerprint density at radius 2 is 2.50 bits per heavy atom. The topological polar surface area (TPSA) is 24.9 Å². The fourth-order valence-electron chi connectivity index (χ4n) is 1.50. The summed E-state index contributed by atoms with van der Waals surface area (Å²) in [5.74, 6) is 0. The van der Waals surface area contributed by atoms with Crippen molar-refractivity contribution in [3.8, 4) is 0 Å². The molecule has 0 fully saturated rings. The Morgan fingerprint density at radius 3 is 3.07 bits per heavy atom. The maximum absolute atomic E-state index is 4.13. The van der Waals surface area contributed by atoms with Crippen LogP contribution in [-0.4, -0.2) is 11.5 Å². The van der Waals surface area contributed by atoms with Crippen LogP contribution in [0.25, 0.3) is 0 Å². The van der Waals surface area contributed by atoms with Gasteiger partial charge in [0.05, 0.1) is 0 Å². The van der Waals surface area contributed by atoms with Crippen molar-refractivity contribution in [2.24, 2.45) is 0 Å². The Labute approximate surface area is 86.1 Å². The minimum absolute atomic E-state index is 0.409. The molecule has 0 aliphatic rings. The van der Waals surface area contributed by atoms with Crippen LogP contribution in [0.1, 0.15) is 31.4 Å². The zero-order valence-electron chi connectivity index (χ0n) is 8.74. The average Bonchev–Trinajstić information content (AvgIpc) is 2.25. The molecule has 2 nitrogen and oxygen atoms in total. The van der Waals surface area contributed by atoms with Gasteiger partial charge in [0.1, 0.15) is 0 Å². The third-order valence-electron chi connectivity index (χ3n) is 2.20. The highest BCUT2D eigenvalue weighted by molar-refractivity contribution is 5.13. The van der Waals surface area contributed by atoms with Gasteiger partial charge in [-0.2, -0.15) is 0 Å². The maximum atomic E-state index is 4.13. The lowest BCUT2D eigenvalue weighted by Crippen LogP contribution is -2.20. The molecule has 1 heterocycles. The van der Waals surface area contributed by atoms with Crippen LogP contribution < -0.4 is 5.32 Å². The minimum atomic E-state index is 0.409. The number of rotatable bonds is 6. The molecule has 1 aromatic rings. The van der Waals surface area contributed by atoms with E-state index >= 15 is 0 Å². The van der Waals surface area contributed by atoms with Gasteiger partial charge in [0.2, 0.25) is 0 Å². The highest BCUT2D eigenvalue weighted by Crippen LogP contribution is 2.16. The van der Waals surface area contributed by atoms with Crippen molar-refractivity contribution in [2.75, 3.05) is 6.54 Å². The van der Waals surface area contributed by atoms with Crippen LogP contribution in [0.5, 0.6) is 0 Å². The second-order valence-electron chi connectivity index (χ2n) is 3.26. The second-order valence-corrected chi connectivity index (χ2v) is 3.26.